The van der Waals surface area contributed by atoms with Crippen LogP contribution in [0, 0.1) is 0 Å². The van der Waals surface area contributed by atoms with E-state index in [1.807, 2.05) is 42.5 Å². The normalized spacial score (nSPS) is 12.4. The van der Waals surface area contributed by atoms with Gasteiger partial charge in [-0.15, -0.1) is 0 Å². The van der Waals surface area contributed by atoms with Crippen LogP contribution >= 0.6 is 0 Å². The maximum atomic E-state index is 12.8. The first-order valence-electron chi connectivity index (χ1n) is 9.91. The van der Waals surface area contributed by atoms with E-state index in [1.165, 1.54) is 11.6 Å². The van der Waals surface area contributed by atoms with Crippen molar-refractivity contribution in [1.82, 2.24) is 18.7 Å². The lowest BCUT2D eigenvalue weighted by Crippen LogP contribution is -2.38. The molecule has 0 bridgehead atoms. The number of ether oxygens (including phenoxy) is 1. The minimum atomic E-state index is -0.899. The number of imidazole rings is 1. The molecule has 2 aromatic heterocycles. The van der Waals surface area contributed by atoms with E-state index in [-0.39, 0.29) is 24.3 Å². The Labute approximate surface area is 178 Å². The summed E-state index contributed by atoms with van der Waals surface area (Å²) in [7, 11) is 6.58. The fourth-order valence-corrected chi connectivity index (χ4v) is 3.66. The molecule has 0 amide bonds. The number of aryl methyl sites for hydroxylation is 1. The number of benzene rings is 2. The van der Waals surface area contributed by atoms with Crippen LogP contribution in [0.15, 0.2) is 52.1 Å². The van der Waals surface area contributed by atoms with Gasteiger partial charge in [-0.05, 0) is 22.9 Å². The van der Waals surface area contributed by atoms with Crippen molar-refractivity contribution >= 4 is 27.9 Å². The predicted molar refractivity (Wildman–Crippen MR) is 120 cm³/mol. The third-order valence-corrected chi connectivity index (χ3v) is 5.28. The number of aliphatic hydroxyl groups excluding tert-OH is 1. The number of hydrogen-bond acceptors (Lipinski definition) is 6. The number of hydrogen-bond donors (Lipinski definition) is 1. The lowest BCUT2D eigenvalue weighted by Gasteiger charge is -2.18. The first-order chi connectivity index (χ1) is 14.8. The SMILES string of the molecule is CN(C)c1nc2c(c(=O)n(C)c(=O)n2C)n1CC(O)COc1ccc2ccccc2c1. The molecule has 1 N–H and O–H groups in total. The lowest BCUT2D eigenvalue weighted by atomic mass is 10.1. The highest BCUT2D eigenvalue weighted by Crippen LogP contribution is 2.22. The number of aromatic nitrogens is 4. The molecule has 2 heterocycles. The minimum absolute atomic E-state index is 0.0387. The Kier molecular flexibility index (Phi) is 5.28. The number of rotatable bonds is 6. The molecular weight excluding hydrogens is 398 g/mol. The van der Waals surface area contributed by atoms with Crippen molar-refractivity contribution in [3.8, 4) is 5.75 Å². The van der Waals surface area contributed by atoms with Crippen LogP contribution in [0.25, 0.3) is 21.9 Å². The van der Waals surface area contributed by atoms with Gasteiger partial charge in [0, 0.05) is 28.2 Å². The maximum Gasteiger partial charge on any atom is 0.332 e. The molecule has 9 heteroatoms. The minimum Gasteiger partial charge on any atom is -0.491 e. The molecule has 0 fully saturated rings. The van der Waals surface area contributed by atoms with Gasteiger partial charge in [-0.2, -0.15) is 4.98 Å². The first-order valence-corrected chi connectivity index (χ1v) is 9.91. The fourth-order valence-electron chi connectivity index (χ4n) is 3.66. The van der Waals surface area contributed by atoms with E-state index in [0.29, 0.717) is 11.7 Å². The summed E-state index contributed by atoms with van der Waals surface area (Å²) < 4.78 is 9.80. The summed E-state index contributed by atoms with van der Waals surface area (Å²) in [6, 6.07) is 13.7. The van der Waals surface area contributed by atoms with E-state index in [1.54, 1.807) is 30.6 Å². The second kappa shape index (κ2) is 7.92. The zero-order valence-corrected chi connectivity index (χ0v) is 17.9. The molecule has 1 unspecified atom stereocenters. The van der Waals surface area contributed by atoms with Gasteiger partial charge in [0.25, 0.3) is 5.56 Å². The summed E-state index contributed by atoms with van der Waals surface area (Å²) in [5, 5.41) is 12.8. The fraction of sp³-hybridized carbons (Fsp3) is 0.318. The van der Waals surface area contributed by atoms with Crippen LogP contribution in [-0.2, 0) is 20.6 Å². The van der Waals surface area contributed by atoms with E-state index >= 15 is 0 Å². The summed E-state index contributed by atoms with van der Waals surface area (Å²) in [6.07, 6.45) is -0.899. The molecular formula is C22H25N5O4. The van der Waals surface area contributed by atoms with Crippen molar-refractivity contribution in [3.05, 3.63) is 63.3 Å². The average molecular weight is 423 g/mol. The molecule has 0 spiro atoms. The zero-order valence-electron chi connectivity index (χ0n) is 17.9. The lowest BCUT2D eigenvalue weighted by molar-refractivity contribution is 0.0937. The summed E-state index contributed by atoms with van der Waals surface area (Å²) in [5.41, 5.74) is -0.369. The largest absolute Gasteiger partial charge is 0.491 e. The highest BCUT2D eigenvalue weighted by molar-refractivity contribution is 5.83. The van der Waals surface area contributed by atoms with Gasteiger partial charge in [0.1, 0.15) is 18.5 Å². The van der Waals surface area contributed by atoms with E-state index in [0.717, 1.165) is 15.3 Å². The summed E-state index contributed by atoms with van der Waals surface area (Å²) in [4.78, 5) is 31.3. The highest BCUT2D eigenvalue weighted by Gasteiger charge is 2.22. The van der Waals surface area contributed by atoms with Gasteiger partial charge >= 0.3 is 5.69 Å². The second-order valence-electron chi connectivity index (χ2n) is 7.77. The van der Waals surface area contributed by atoms with Crippen LogP contribution in [0.2, 0.25) is 0 Å². The van der Waals surface area contributed by atoms with E-state index in [4.69, 9.17) is 4.74 Å². The molecule has 9 nitrogen and oxygen atoms in total. The Morgan fingerprint density at radius 2 is 1.77 bits per heavy atom. The van der Waals surface area contributed by atoms with Gasteiger partial charge in [-0.25, -0.2) is 4.79 Å². The summed E-state index contributed by atoms with van der Waals surface area (Å²) in [6.45, 7) is 0.127. The standard InChI is InChI=1S/C22H25N5O4/c1-24(2)21-23-19-18(20(29)26(4)22(30)25(19)3)27(21)12-16(28)13-31-17-10-9-14-7-5-6-8-15(14)11-17/h5-11,16,28H,12-13H2,1-4H3. The van der Waals surface area contributed by atoms with Crippen molar-refractivity contribution in [1.29, 1.82) is 0 Å². The van der Waals surface area contributed by atoms with Gasteiger partial charge in [0.05, 0.1) is 6.54 Å². The molecule has 0 radical (unpaired) electrons. The number of anilines is 1. The maximum absolute atomic E-state index is 12.8. The predicted octanol–water partition coefficient (Wildman–Crippen LogP) is 1.09. The first kappa shape index (κ1) is 20.7. The third kappa shape index (κ3) is 3.68. The van der Waals surface area contributed by atoms with Gasteiger partial charge in [-0.3, -0.25) is 13.9 Å². The van der Waals surface area contributed by atoms with Crippen molar-refractivity contribution in [2.75, 3.05) is 25.6 Å². The number of fused-ring (bicyclic) bond motifs is 2. The molecule has 0 saturated heterocycles. The molecule has 1 atom stereocenters. The smallest absolute Gasteiger partial charge is 0.332 e. The molecule has 4 aromatic rings. The van der Waals surface area contributed by atoms with Crippen LogP contribution in [0.3, 0.4) is 0 Å². The van der Waals surface area contributed by atoms with E-state index < -0.39 is 17.4 Å². The topological polar surface area (TPSA) is 94.5 Å². The monoisotopic (exact) mass is 423 g/mol. The van der Waals surface area contributed by atoms with Crippen LogP contribution in [-0.4, -0.2) is 50.6 Å². The molecule has 0 aliphatic heterocycles. The molecule has 2 aromatic carbocycles. The molecule has 0 aliphatic carbocycles. The van der Waals surface area contributed by atoms with Gasteiger partial charge in [0.2, 0.25) is 5.95 Å². The number of nitrogens with zero attached hydrogens (tertiary/aromatic N) is 5. The van der Waals surface area contributed by atoms with Crippen LogP contribution in [0.1, 0.15) is 0 Å². The average Bonchev–Trinajstić information content (AvgIpc) is 3.14. The van der Waals surface area contributed by atoms with Crippen molar-refractivity contribution < 1.29 is 9.84 Å². The Morgan fingerprint density at radius 3 is 2.48 bits per heavy atom. The van der Waals surface area contributed by atoms with Crippen molar-refractivity contribution in [2.45, 2.75) is 12.6 Å². The molecule has 0 saturated carbocycles. The quantitative estimate of drug-likeness (QED) is 0.499. The van der Waals surface area contributed by atoms with Crippen LogP contribution < -0.4 is 20.9 Å². The van der Waals surface area contributed by atoms with Crippen molar-refractivity contribution in [3.63, 3.8) is 0 Å². The molecule has 0 aliphatic rings. The Morgan fingerprint density at radius 1 is 1.06 bits per heavy atom. The third-order valence-electron chi connectivity index (χ3n) is 5.28. The Balaban J connectivity index is 1.63. The van der Waals surface area contributed by atoms with Crippen LogP contribution in [0.4, 0.5) is 5.95 Å². The molecule has 162 valence electrons. The Hall–Kier alpha value is -3.59. The molecule has 31 heavy (non-hydrogen) atoms. The highest BCUT2D eigenvalue weighted by atomic mass is 16.5. The van der Waals surface area contributed by atoms with Gasteiger partial charge in [-0.1, -0.05) is 30.3 Å². The van der Waals surface area contributed by atoms with Crippen molar-refractivity contribution in [2.24, 2.45) is 14.1 Å². The zero-order chi connectivity index (χ0) is 22.3. The molecule has 4 rings (SSSR count). The Bertz CT molecular complexity index is 1380. The number of aliphatic hydroxyl groups is 1. The van der Waals surface area contributed by atoms with Gasteiger partial charge < -0.3 is 19.3 Å². The van der Waals surface area contributed by atoms with Crippen LogP contribution in [0.5, 0.6) is 5.75 Å². The van der Waals surface area contributed by atoms with E-state index in [2.05, 4.69) is 4.98 Å². The van der Waals surface area contributed by atoms with Gasteiger partial charge in [0.15, 0.2) is 11.2 Å². The summed E-state index contributed by atoms with van der Waals surface area (Å²) in [5.74, 6) is 1.12. The van der Waals surface area contributed by atoms with E-state index in [9.17, 15) is 14.7 Å². The second-order valence-corrected chi connectivity index (χ2v) is 7.77. The summed E-state index contributed by atoms with van der Waals surface area (Å²) >= 11 is 0.